The van der Waals surface area contributed by atoms with Gasteiger partial charge in [0.25, 0.3) is 0 Å². The molecule has 0 amide bonds. The average molecular weight is 311 g/mol. The smallest absolute Gasteiger partial charge is 0.138 e. The molecular formula is C15H20ClFN4. The molecule has 1 N–H and O–H groups in total. The third kappa shape index (κ3) is 3.80. The molecule has 0 aliphatic carbocycles. The Morgan fingerprint density at radius 3 is 2.81 bits per heavy atom. The van der Waals surface area contributed by atoms with Crippen LogP contribution < -0.4 is 5.32 Å². The zero-order valence-corrected chi connectivity index (χ0v) is 13.2. The summed E-state index contributed by atoms with van der Waals surface area (Å²) >= 11 is 6.00. The van der Waals surface area contributed by atoms with Crippen LogP contribution in [0.15, 0.2) is 24.5 Å². The number of nitrogens with zero attached hydrogens (tertiary/aromatic N) is 3. The Morgan fingerprint density at radius 2 is 2.14 bits per heavy atom. The molecule has 0 spiro atoms. The van der Waals surface area contributed by atoms with Gasteiger partial charge in [0, 0.05) is 29.1 Å². The van der Waals surface area contributed by atoms with Crippen LogP contribution in [0.25, 0.3) is 0 Å². The number of halogens is 2. The van der Waals surface area contributed by atoms with Crippen molar-refractivity contribution >= 4 is 11.6 Å². The molecule has 0 bridgehead atoms. The molecule has 2 aromatic rings. The number of aromatic nitrogens is 3. The van der Waals surface area contributed by atoms with Gasteiger partial charge in [0.1, 0.15) is 18.0 Å². The largest absolute Gasteiger partial charge is 0.310 e. The van der Waals surface area contributed by atoms with E-state index >= 15 is 0 Å². The fourth-order valence-corrected chi connectivity index (χ4v) is 2.53. The van der Waals surface area contributed by atoms with Crippen molar-refractivity contribution in [3.8, 4) is 0 Å². The lowest BCUT2D eigenvalue weighted by Crippen LogP contribution is -2.25. The van der Waals surface area contributed by atoms with Crippen LogP contribution in [-0.2, 0) is 6.42 Å². The minimum absolute atomic E-state index is 0.185. The van der Waals surface area contributed by atoms with Gasteiger partial charge in [-0.05, 0) is 38.6 Å². The fraction of sp³-hybridized carbons (Fsp3) is 0.467. The highest BCUT2D eigenvalue weighted by atomic mass is 35.5. The van der Waals surface area contributed by atoms with Crippen molar-refractivity contribution in [1.29, 1.82) is 0 Å². The topological polar surface area (TPSA) is 42.7 Å². The van der Waals surface area contributed by atoms with E-state index in [4.69, 9.17) is 11.6 Å². The maximum atomic E-state index is 14.1. The molecule has 0 fully saturated rings. The first-order valence-electron chi connectivity index (χ1n) is 7.09. The van der Waals surface area contributed by atoms with Crippen LogP contribution in [0, 0.1) is 5.82 Å². The maximum Gasteiger partial charge on any atom is 0.138 e. The summed E-state index contributed by atoms with van der Waals surface area (Å²) in [5.41, 5.74) is 0.558. The molecule has 0 saturated heterocycles. The van der Waals surface area contributed by atoms with Gasteiger partial charge in [-0.25, -0.2) is 14.1 Å². The molecule has 2 rings (SSSR count). The van der Waals surface area contributed by atoms with Crippen LogP contribution in [0.3, 0.4) is 0 Å². The summed E-state index contributed by atoms with van der Waals surface area (Å²) in [4.78, 5) is 4.29. The van der Waals surface area contributed by atoms with Crippen molar-refractivity contribution in [3.05, 3.63) is 46.8 Å². The highest BCUT2D eigenvalue weighted by Crippen LogP contribution is 2.24. The third-order valence-corrected chi connectivity index (χ3v) is 3.54. The summed E-state index contributed by atoms with van der Waals surface area (Å²) in [6.07, 6.45) is 2.09. The average Bonchev–Trinajstić information content (AvgIpc) is 2.89. The first-order valence-corrected chi connectivity index (χ1v) is 7.47. The number of hydrogen-bond donors (Lipinski definition) is 1. The van der Waals surface area contributed by atoms with E-state index in [1.165, 1.54) is 12.4 Å². The number of likely N-dealkylation sites (N-methyl/N-ethyl adjacent to an activating group) is 1. The summed E-state index contributed by atoms with van der Waals surface area (Å²) < 4.78 is 15.9. The van der Waals surface area contributed by atoms with Crippen LogP contribution in [0.4, 0.5) is 4.39 Å². The monoisotopic (exact) mass is 310 g/mol. The Balaban J connectivity index is 2.31. The highest BCUT2D eigenvalue weighted by Gasteiger charge is 2.19. The van der Waals surface area contributed by atoms with E-state index < -0.39 is 0 Å². The van der Waals surface area contributed by atoms with Gasteiger partial charge in [0.2, 0.25) is 0 Å². The molecule has 21 heavy (non-hydrogen) atoms. The molecule has 0 saturated carbocycles. The Kier molecular flexibility index (Phi) is 5.31. The Bertz CT molecular complexity index is 597. The number of nitrogens with one attached hydrogen (secondary N) is 1. The van der Waals surface area contributed by atoms with Gasteiger partial charge in [0.05, 0.1) is 0 Å². The summed E-state index contributed by atoms with van der Waals surface area (Å²) in [5.74, 6) is 0.566. The van der Waals surface area contributed by atoms with Gasteiger partial charge >= 0.3 is 0 Å². The molecule has 0 aliphatic rings. The molecule has 1 atom stereocenters. The van der Waals surface area contributed by atoms with Gasteiger partial charge in [-0.2, -0.15) is 5.10 Å². The van der Waals surface area contributed by atoms with Gasteiger partial charge < -0.3 is 5.32 Å². The fourth-order valence-electron chi connectivity index (χ4n) is 2.35. The normalized spacial score (nSPS) is 12.9. The van der Waals surface area contributed by atoms with Crippen molar-refractivity contribution in [2.75, 3.05) is 6.54 Å². The summed E-state index contributed by atoms with van der Waals surface area (Å²) in [6, 6.07) is 4.65. The lowest BCUT2D eigenvalue weighted by atomic mass is 10.0. The van der Waals surface area contributed by atoms with E-state index in [1.807, 2.05) is 25.5 Å². The Hall–Kier alpha value is -1.46. The number of hydrogen-bond acceptors (Lipinski definition) is 3. The minimum Gasteiger partial charge on any atom is -0.310 e. The summed E-state index contributed by atoms with van der Waals surface area (Å²) in [5, 5.41) is 8.04. The van der Waals surface area contributed by atoms with Gasteiger partial charge in [-0.15, -0.1) is 0 Å². The van der Waals surface area contributed by atoms with E-state index in [9.17, 15) is 4.39 Å². The molecule has 0 radical (unpaired) electrons. The predicted octanol–water partition coefficient (Wildman–Crippen LogP) is 3.54. The Morgan fingerprint density at radius 1 is 1.38 bits per heavy atom. The molecule has 6 heteroatoms. The highest BCUT2D eigenvalue weighted by molar-refractivity contribution is 6.30. The summed E-state index contributed by atoms with van der Waals surface area (Å²) in [7, 11) is 0. The van der Waals surface area contributed by atoms with E-state index in [0.29, 0.717) is 17.0 Å². The molecule has 4 nitrogen and oxygen atoms in total. The first-order chi connectivity index (χ1) is 10.0. The second kappa shape index (κ2) is 7.00. The molecule has 1 aromatic heterocycles. The van der Waals surface area contributed by atoms with Crippen LogP contribution in [0.1, 0.15) is 44.2 Å². The zero-order chi connectivity index (χ0) is 15.4. The summed E-state index contributed by atoms with van der Waals surface area (Å²) in [6.45, 7) is 6.80. The van der Waals surface area contributed by atoms with Crippen LogP contribution in [0.5, 0.6) is 0 Å². The lowest BCUT2D eigenvalue weighted by molar-refractivity contribution is 0.458. The van der Waals surface area contributed by atoms with Crippen molar-refractivity contribution in [1.82, 2.24) is 20.1 Å². The zero-order valence-electron chi connectivity index (χ0n) is 12.5. The van der Waals surface area contributed by atoms with E-state index in [2.05, 4.69) is 15.4 Å². The van der Waals surface area contributed by atoms with Crippen molar-refractivity contribution in [2.45, 2.75) is 39.3 Å². The standard InChI is InChI=1S/C15H20ClFN4/c1-4-18-14(12-7-11(16)5-6-13(12)17)8-15-19-9-20-21(15)10(2)3/h5-7,9-10,14,18H,4,8H2,1-3H3. The van der Waals surface area contributed by atoms with Crippen molar-refractivity contribution < 1.29 is 4.39 Å². The predicted molar refractivity (Wildman–Crippen MR) is 81.9 cm³/mol. The van der Waals surface area contributed by atoms with Crippen LogP contribution in [0.2, 0.25) is 5.02 Å². The Labute approximate surface area is 129 Å². The molecule has 1 aromatic carbocycles. The lowest BCUT2D eigenvalue weighted by Gasteiger charge is -2.20. The quantitative estimate of drug-likeness (QED) is 0.887. The van der Waals surface area contributed by atoms with Crippen LogP contribution >= 0.6 is 11.6 Å². The first kappa shape index (κ1) is 15.9. The van der Waals surface area contributed by atoms with Gasteiger partial charge in [-0.1, -0.05) is 18.5 Å². The second-order valence-corrected chi connectivity index (χ2v) is 5.63. The van der Waals surface area contributed by atoms with Crippen molar-refractivity contribution in [2.24, 2.45) is 0 Å². The maximum absolute atomic E-state index is 14.1. The van der Waals surface area contributed by atoms with E-state index in [0.717, 1.165) is 12.4 Å². The molecule has 0 aliphatic heterocycles. The van der Waals surface area contributed by atoms with Crippen LogP contribution in [-0.4, -0.2) is 21.3 Å². The second-order valence-electron chi connectivity index (χ2n) is 5.19. The third-order valence-electron chi connectivity index (χ3n) is 3.31. The molecule has 114 valence electrons. The molecular weight excluding hydrogens is 291 g/mol. The number of benzene rings is 1. The minimum atomic E-state index is -0.263. The van der Waals surface area contributed by atoms with Gasteiger partial charge in [0.15, 0.2) is 0 Å². The van der Waals surface area contributed by atoms with E-state index in [-0.39, 0.29) is 17.9 Å². The SMILES string of the molecule is CCNC(Cc1ncnn1C(C)C)c1cc(Cl)ccc1F. The molecule has 1 heterocycles. The molecule has 1 unspecified atom stereocenters. The van der Waals surface area contributed by atoms with Crippen molar-refractivity contribution in [3.63, 3.8) is 0 Å². The van der Waals surface area contributed by atoms with E-state index in [1.54, 1.807) is 12.1 Å². The van der Waals surface area contributed by atoms with Gasteiger partial charge in [-0.3, -0.25) is 0 Å². The number of rotatable bonds is 6.